The van der Waals surface area contributed by atoms with Crippen LogP contribution in [0.2, 0.25) is 0 Å². The van der Waals surface area contributed by atoms with Gasteiger partial charge in [-0.3, -0.25) is 4.99 Å². The first-order valence-electron chi connectivity index (χ1n) is 9.13. The fourth-order valence-corrected chi connectivity index (χ4v) is 3.29. The number of nitrogens with one attached hydrogen (secondary N) is 2. The van der Waals surface area contributed by atoms with Crippen LogP contribution in [0.25, 0.3) is 0 Å². The Labute approximate surface area is 172 Å². The third-order valence-corrected chi connectivity index (χ3v) is 4.78. The SMILES string of the molecule is CCOc1cc(CCCNC(=NC)NCc2nc(C(F)(F)F)cs2)ccc1OC. The summed E-state index contributed by atoms with van der Waals surface area (Å²) in [6.45, 7) is 3.31. The van der Waals surface area contributed by atoms with Gasteiger partial charge in [0.05, 0.1) is 20.3 Å². The smallest absolute Gasteiger partial charge is 0.434 e. The summed E-state index contributed by atoms with van der Waals surface area (Å²) in [5, 5.41) is 7.48. The Bertz CT molecular complexity index is 809. The van der Waals surface area contributed by atoms with Gasteiger partial charge in [0.15, 0.2) is 23.2 Å². The summed E-state index contributed by atoms with van der Waals surface area (Å²) in [7, 11) is 3.21. The van der Waals surface area contributed by atoms with Gasteiger partial charge in [0, 0.05) is 19.0 Å². The van der Waals surface area contributed by atoms with Gasteiger partial charge >= 0.3 is 6.18 Å². The molecule has 0 aliphatic carbocycles. The van der Waals surface area contributed by atoms with Gasteiger partial charge < -0.3 is 20.1 Å². The van der Waals surface area contributed by atoms with Crippen LogP contribution in [0.3, 0.4) is 0 Å². The second-order valence-electron chi connectivity index (χ2n) is 6.00. The molecule has 2 N–H and O–H groups in total. The fraction of sp³-hybridized carbons (Fsp3) is 0.474. The second-order valence-corrected chi connectivity index (χ2v) is 6.94. The number of rotatable bonds is 9. The molecule has 10 heteroatoms. The van der Waals surface area contributed by atoms with E-state index < -0.39 is 11.9 Å². The standard InChI is InChI=1S/C19H25F3N4O2S/c1-4-28-15-10-13(7-8-14(15)27-3)6-5-9-24-18(23-2)25-11-17-26-16(12-29-17)19(20,21)22/h7-8,10,12H,4-6,9,11H2,1-3H3,(H2,23,24,25). The Hall–Kier alpha value is -2.49. The molecule has 0 saturated carbocycles. The van der Waals surface area contributed by atoms with Crippen LogP contribution in [-0.4, -0.2) is 38.3 Å². The van der Waals surface area contributed by atoms with Crippen molar-refractivity contribution in [3.05, 3.63) is 39.8 Å². The first-order valence-corrected chi connectivity index (χ1v) is 10.0. The minimum atomic E-state index is -4.42. The maximum absolute atomic E-state index is 12.6. The average Bonchev–Trinajstić information content (AvgIpc) is 3.17. The molecule has 0 unspecified atom stereocenters. The first kappa shape index (κ1) is 22.8. The van der Waals surface area contributed by atoms with E-state index in [2.05, 4.69) is 20.6 Å². The zero-order valence-electron chi connectivity index (χ0n) is 16.6. The zero-order chi connectivity index (χ0) is 21.3. The molecule has 6 nitrogen and oxygen atoms in total. The molecule has 0 aliphatic heterocycles. The van der Waals surface area contributed by atoms with Gasteiger partial charge in [-0.25, -0.2) is 4.98 Å². The summed E-state index contributed by atoms with van der Waals surface area (Å²) in [5.74, 6) is 1.94. The lowest BCUT2D eigenvalue weighted by Crippen LogP contribution is -2.37. The van der Waals surface area contributed by atoms with E-state index in [4.69, 9.17) is 9.47 Å². The van der Waals surface area contributed by atoms with Crippen molar-refractivity contribution in [2.24, 2.45) is 4.99 Å². The molecule has 0 fully saturated rings. The molecule has 2 rings (SSSR count). The maximum atomic E-state index is 12.6. The maximum Gasteiger partial charge on any atom is 0.434 e. The van der Waals surface area contributed by atoms with Crippen molar-refractivity contribution in [2.75, 3.05) is 27.3 Å². The van der Waals surface area contributed by atoms with Crippen molar-refractivity contribution < 1.29 is 22.6 Å². The molecule has 0 aliphatic rings. The number of guanidine groups is 1. The Balaban J connectivity index is 1.77. The minimum Gasteiger partial charge on any atom is -0.493 e. The van der Waals surface area contributed by atoms with Gasteiger partial charge in [0.1, 0.15) is 5.01 Å². The monoisotopic (exact) mass is 430 g/mol. The van der Waals surface area contributed by atoms with Crippen LogP contribution in [0.1, 0.15) is 29.6 Å². The second kappa shape index (κ2) is 10.9. The summed E-state index contributed by atoms with van der Waals surface area (Å²) in [4.78, 5) is 7.66. The van der Waals surface area contributed by atoms with E-state index in [1.54, 1.807) is 14.2 Å². The Morgan fingerprint density at radius 3 is 2.66 bits per heavy atom. The molecule has 1 aromatic heterocycles. The molecule has 0 bridgehead atoms. The minimum absolute atomic E-state index is 0.177. The normalized spacial score (nSPS) is 12.0. The molecular formula is C19H25F3N4O2S. The molecular weight excluding hydrogens is 405 g/mol. The van der Waals surface area contributed by atoms with E-state index in [9.17, 15) is 13.2 Å². The summed E-state index contributed by atoms with van der Waals surface area (Å²) in [6.07, 6.45) is -2.75. The van der Waals surface area contributed by atoms with Gasteiger partial charge in [-0.2, -0.15) is 13.2 Å². The summed E-state index contributed by atoms with van der Waals surface area (Å²) in [5.41, 5.74) is 0.259. The van der Waals surface area contributed by atoms with Crippen molar-refractivity contribution in [1.82, 2.24) is 15.6 Å². The van der Waals surface area contributed by atoms with Gasteiger partial charge in [-0.05, 0) is 37.5 Å². The number of aromatic nitrogens is 1. The molecule has 0 radical (unpaired) electrons. The quantitative estimate of drug-likeness (QED) is 0.359. The molecule has 2 aromatic rings. The lowest BCUT2D eigenvalue weighted by atomic mass is 10.1. The number of hydrogen-bond acceptors (Lipinski definition) is 5. The van der Waals surface area contributed by atoms with Crippen LogP contribution in [0.5, 0.6) is 11.5 Å². The van der Waals surface area contributed by atoms with Gasteiger partial charge in [0.2, 0.25) is 0 Å². The Morgan fingerprint density at radius 2 is 2.03 bits per heavy atom. The molecule has 0 spiro atoms. The third kappa shape index (κ3) is 7.12. The van der Waals surface area contributed by atoms with E-state index in [0.29, 0.717) is 29.9 Å². The van der Waals surface area contributed by atoms with Crippen LogP contribution < -0.4 is 20.1 Å². The number of nitrogens with zero attached hydrogens (tertiary/aromatic N) is 2. The molecule has 160 valence electrons. The number of ether oxygens (including phenoxy) is 2. The highest BCUT2D eigenvalue weighted by atomic mass is 32.1. The van der Waals surface area contributed by atoms with Crippen LogP contribution >= 0.6 is 11.3 Å². The van der Waals surface area contributed by atoms with Gasteiger partial charge in [0.25, 0.3) is 0 Å². The molecule has 29 heavy (non-hydrogen) atoms. The Kier molecular flexibility index (Phi) is 8.56. The highest BCUT2D eigenvalue weighted by molar-refractivity contribution is 7.09. The van der Waals surface area contributed by atoms with E-state index in [1.807, 2.05) is 25.1 Å². The number of methoxy groups -OCH3 is 1. The van der Waals surface area contributed by atoms with Crippen LogP contribution in [-0.2, 0) is 19.1 Å². The highest BCUT2D eigenvalue weighted by Crippen LogP contribution is 2.30. The summed E-state index contributed by atoms with van der Waals surface area (Å²) < 4.78 is 48.6. The van der Waals surface area contributed by atoms with Crippen LogP contribution in [0.4, 0.5) is 13.2 Å². The third-order valence-electron chi connectivity index (χ3n) is 3.94. The van der Waals surface area contributed by atoms with E-state index in [-0.39, 0.29) is 6.54 Å². The number of aryl methyl sites for hydroxylation is 1. The van der Waals surface area contributed by atoms with Crippen LogP contribution in [0.15, 0.2) is 28.6 Å². The lowest BCUT2D eigenvalue weighted by Gasteiger charge is -2.12. The van der Waals surface area contributed by atoms with Gasteiger partial charge in [-0.15, -0.1) is 11.3 Å². The van der Waals surface area contributed by atoms with Crippen molar-refractivity contribution in [2.45, 2.75) is 32.5 Å². The first-order chi connectivity index (χ1) is 13.9. The van der Waals surface area contributed by atoms with Crippen LogP contribution in [0, 0.1) is 0 Å². The number of benzene rings is 1. The fourth-order valence-electron chi connectivity index (χ4n) is 2.55. The van der Waals surface area contributed by atoms with E-state index >= 15 is 0 Å². The molecule has 1 aromatic carbocycles. The number of hydrogen-bond donors (Lipinski definition) is 2. The number of halogens is 3. The molecule has 1 heterocycles. The van der Waals surface area contributed by atoms with E-state index in [1.165, 1.54) is 0 Å². The molecule has 0 saturated heterocycles. The van der Waals surface area contributed by atoms with Crippen molar-refractivity contribution in [3.63, 3.8) is 0 Å². The number of aliphatic imine (C=N–C) groups is 1. The zero-order valence-corrected chi connectivity index (χ0v) is 17.4. The lowest BCUT2D eigenvalue weighted by molar-refractivity contribution is -0.140. The summed E-state index contributed by atoms with van der Waals surface area (Å²) >= 11 is 0.964. The van der Waals surface area contributed by atoms with Crippen molar-refractivity contribution in [1.29, 1.82) is 0 Å². The summed E-state index contributed by atoms with van der Waals surface area (Å²) in [6, 6.07) is 5.85. The molecule has 0 atom stereocenters. The highest BCUT2D eigenvalue weighted by Gasteiger charge is 2.33. The average molecular weight is 430 g/mol. The Morgan fingerprint density at radius 1 is 1.24 bits per heavy atom. The van der Waals surface area contributed by atoms with Crippen molar-refractivity contribution in [3.8, 4) is 11.5 Å². The number of thiazole rings is 1. The largest absolute Gasteiger partial charge is 0.493 e. The predicted octanol–water partition coefficient (Wildman–Crippen LogP) is 3.87. The van der Waals surface area contributed by atoms with Crippen molar-refractivity contribution >= 4 is 17.3 Å². The predicted molar refractivity (Wildman–Crippen MR) is 108 cm³/mol. The topological polar surface area (TPSA) is 67.8 Å². The molecule has 0 amide bonds. The number of alkyl halides is 3. The van der Waals surface area contributed by atoms with Gasteiger partial charge in [-0.1, -0.05) is 6.07 Å². The van der Waals surface area contributed by atoms with E-state index in [0.717, 1.165) is 40.9 Å².